The van der Waals surface area contributed by atoms with Gasteiger partial charge in [-0.1, -0.05) is 0 Å². The lowest BCUT2D eigenvalue weighted by atomic mass is 10.1. The maximum absolute atomic E-state index is 10.7. The first-order valence-electron chi connectivity index (χ1n) is 7.61. The molecule has 1 saturated heterocycles. The van der Waals surface area contributed by atoms with Crippen molar-refractivity contribution in [3.8, 4) is 17.4 Å². The van der Waals surface area contributed by atoms with Crippen molar-refractivity contribution in [2.24, 2.45) is 5.73 Å². The third-order valence-corrected chi connectivity index (χ3v) is 3.45. The molecule has 2 aromatic rings. The molecule has 1 aromatic heterocycles. The van der Waals surface area contributed by atoms with Crippen molar-refractivity contribution in [2.45, 2.75) is 18.9 Å². The Hall–Kier alpha value is -2.87. The van der Waals surface area contributed by atoms with Gasteiger partial charge >= 0.3 is 6.09 Å². The third-order valence-electron chi connectivity index (χ3n) is 3.45. The molecule has 0 saturated carbocycles. The van der Waals surface area contributed by atoms with E-state index in [1.165, 1.54) is 0 Å². The summed E-state index contributed by atoms with van der Waals surface area (Å²) in [5, 5.41) is 3.28. The van der Waals surface area contributed by atoms with Gasteiger partial charge in [-0.2, -0.15) is 4.98 Å². The van der Waals surface area contributed by atoms with E-state index in [2.05, 4.69) is 15.3 Å². The van der Waals surface area contributed by atoms with Crippen molar-refractivity contribution < 1.29 is 19.0 Å². The van der Waals surface area contributed by atoms with Crippen LogP contribution in [0.4, 0.5) is 10.7 Å². The minimum Gasteiger partial charge on any atom is -0.439 e. The zero-order chi connectivity index (χ0) is 16.8. The van der Waals surface area contributed by atoms with Gasteiger partial charge in [-0.05, 0) is 37.1 Å². The summed E-state index contributed by atoms with van der Waals surface area (Å²) in [4.78, 5) is 19.2. The number of carbonyl (C=O) groups excluding carboxylic acids is 1. The maximum Gasteiger partial charge on any atom is 0.409 e. The van der Waals surface area contributed by atoms with Crippen molar-refractivity contribution in [1.29, 1.82) is 0 Å². The number of rotatable bonds is 5. The quantitative estimate of drug-likeness (QED) is 0.866. The van der Waals surface area contributed by atoms with E-state index in [0.29, 0.717) is 29.4 Å². The molecule has 0 spiro atoms. The van der Waals surface area contributed by atoms with Crippen LogP contribution in [-0.4, -0.2) is 35.3 Å². The number of nitrogens with one attached hydrogen (secondary N) is 1. The summed E-state index contributed by atoms with van der Waals surface area (Å²) in [5.41, 5.74) is 4.96. The first-order valence-corrected chi connectivity index (χ1v) is 7.61. The van der Waals surface area contributed by atoms with Crippen molar-refractivity contribution in [1.82, 2.24) is 9.97 Å². The van der Waals surface area contributed by atoms with E-state index in [-0.39, 0.29) is 0 Å². The predicted molar refractivity (Wildman–Crippen MR) is 86.2 cm³/mol. The largest absolute Gasteiger partial charge is 0.439 e. The van der Waals surface area contributed by atoms with Gasteiger partial charge in [0.25, 0.3) is 0 Å². The molecule has 2 heterocycles. The molecule has 1 aliphatic heterocycles. The third kappa shape index (κ3) is 4.56. The number of amides is 1. The van der Waals surface area contributed by atoms with Gasteiger partial charge in [0.1, 0.15) is 11.5 Å². The molecule has 3 rings (SSSR count). The number of hydrogen-bond donors (Lipinski definition) is 2. The van der Waals surface area contributed by atoms with Crippen LogP contribution in [0.2, 0.25) is 0 Å². The van der Waals surface area contributed by atoms with Crippen molar-refractivity contribution in [3.63, 3.8) is 0 Å². The van der Waals surface area contributed by atoms with Gasteiger partial charge in [0, 0.05) is 31.5 Å². The first kappa shape index (κ1) is 16.0. The monoisotopic (exact) mass is 330 g/mol. The SMILES string of the molecule is NC(=O)Oc1ccc(Oc2ccnc(NC3CCOCC3)n2)cc1. The number of hydrogen-bond acceptors (Lipinski definition) is 7. The molecule has 126 valence electrons. The van der Waals surface area contributed by atoms with Gasteiger partial charge in [-0.15, -0.1) is 0 Å². The Labute approximate surface area is 139 Å². The van der Waals surface area contributed by atoms with E-state index >= 15 is 0 Å². The van der Waals surface area contributed by atoms with Gasteiger partial charge in [0.05, 0.1) is 0 Å². The van der Waals surface area contributed by atoms with Crippen LogP contribution in [0, 0.1) is 0 Å². The highest BCUT2D eigenvalue weighted by atomic mass is 16.5. The summed E-state index contributed by atoms with van der Waals surface area (Å²) < 4.78 is 15.8. The van der Waals surface area contributed by atoms with Crippen LogP contribution < -0.4 is 20.5 Å². The number of primary amides is 1. The van der Waals surface area contributed by atoms with Gasteiger partial charge < -0.3 is 25.3 Å². The molecule has 8 nitrogen and oxygen atoms in total. The molecule has 1 amide bonds. The van der Waals surface area contributed by atoms with Crippen LogP contribution in [0.3, 0.4) is 0 Å². The lowest BCUT2D eigenvalue weighted by Gasteiger charge is -2.23. The highest BCUT2D eigenvalue weighted by Gasteiger charge is 2.14. The summed E-state index contributed by atoms with van der Waals surface area (Å²) in [6, 6.07) is 8.46. The fourth-order valence-electron chi connectivity index (χ4n) is 2.31. The Morgan fingerprint density at radius 2 is 1.88 bits per heavy atom. The highest BCUT2D eigenvalue weighted by Crippen LogP contribution is 2.23. The zero-order valence-electron chi connectivity index (χ0n) is 13.0. The van der Waals surface area contributed by atoms with Gasteiger partial charge in [-0.25, -0.2) is 9.78 Å². The summed E-state index contributed by atoms with van der Waals surface area (Å²) in [6.45, 7) is 1.49. The molecule has 8 heteroatoms. The number of nitrogens with zero attached hydrogens (tertiary/aromatic N) is 2. The number of nitrogens with two attached hydrogens (primary N) is 1. The number of ether oxygens (including phenoxy) is 3. The second-order valence-corrected chi connectivity index (χ2v) is 5.24. The zero-order valence-corrected chi connectivity index (χ0v) is 13.0. The number of benzene rings is 1. The Kier molecular flexibility index (Phi) is 5.07. The lowest BCUT2D eigenvalue weighted by Crippen LogP contribution is -2.28. The normalized spacial score (nSPS) is 14.8. The lowest BCUT2D eigenvalue weighted by molar-refractivity contribution is 0.0903. The molecular weight excluding hydrogens is 312 g/mol. The summed E-state index contributed by atoms with van der Waals surface area (Å²) in [5.74, 6) is 1.85. The van der Waals surface area contributed by atoms with E-state index in [0.717, 1.165) is 26.1 Å². The second kappa shape index (κ2) is 7.60. The fourth-order valence-corrected chi connectivity index (χ4v) is 2.31. The Morgan fingerprint density at radius 3 is 2.58 bits per heavy atom. The molecule has 0 bridgehead atoms. The van der Waals surface area contributed by atoms with E-state index in [4.69, 9.17) is 19.9 Å². The van der Waals surface area contributed by atoms with Crippen molar-refractivity contribution in [2.75, 3.05) is 18.5 Å². The Morgan fingerprint density at radius 1 is 1.17 bits per heavy atom. The van der Waals surface area contributed by atoms with E-state index in [1.807, 2.05) is 0 Å². The average molecular weight is 330 g/mol. The van der Waals surface area contributed by atoms with Gasteiger partial charge in [0.2, 0.25) is 11.8 Å². The maximum atomic E-state index is 10.7. The van der Waals surface area contributed by atoms with Gasteiger partial charge in [0.15, 0.2) is 0 Å². The molecule has 0 atom stereocenters. The van der Waals surface area contributed by atoms with E-state index in [9.17, 15) is 4.79 Å². The van der Waals surface area contributed by atoms with Crippen LogP contribution >= 0.6 is 0 Å². The molecule has 24 heavy (non-hydrogen) atoms. The van der Waals surface area contributed by atoms with E-state index in [1.54, 1.807) is 36.5 Å². The van der Waals surface area contributed by atoms with E-state index < -0.39 is 6.09 Å². The summed E-state index contributed by atoms with van der Waals surface area (Å²) in [7, 11) is 0. The molecule has 0 unspecified atom stereocenters. The smallest absolute Gasteiger partial charge is 0.409 e. The average Bonchev–Trinajstić information content (AvgIpc) is 2.57. The molecular formula is C16H18N4O4. The highest BCUT2D eigenvalue weighted by molar-refractivity contribution is 5.68. The van der Waals surface area contributed by atoms with Crippen LogP contribution in [0.15, 0.2) is 36.5 Å². The molecule has 0 radical (unpaired) electrons. The van der Waals surface area contributed by atoms with Crippen molar-refractivity contribution in [3.05, 3.63) is 36.5 Å². The standard InChI is InChI=1S/C16H18N4O4/c17-15(21)24-13-3-1-12(2-4-13)23-14-5-8-18-16(20-14)19-11-6-9-22-10-7-11/h1-5,8,11H,6-7,9-10H2,(H2,17,21)(H,18,19,20). The Bertz CT molecular complexity index is 687. The molecule has 3 N–H and O–H groups in total. The minimum absolute atomic E-state index is 0.305. The predicted octanol–water partition coefficient (Wildman–Crippen LogP) is 2.32. The number of aromatic nitrogens is 2. The summed E-state index contributed by atoms with van der Waals surface area (Å²) in [6.07, 6.45) is 2.63. The van der Waals surface area contributed by atoms with Gasteiger partial charge in [-0.3, -0.25) is 0 Å². The van der Waals surface area contributed by atoms with Crippen LogP contribution in [0.25, 0.3) is 0 Å². The summed E-state index contributed by atoms with van der Waals surface area (Å²) >= 11 is 0. The first-order chi connectivity index (χ1) is 11.7. The van der Waals surface area contributed by atoms with Crippen molar-refractivity contribution >= 4 is 12.0 Å². The Balaban J connectivity index is 1.62. The minimum atomic E-state index is -0.858. The van der Waals surface area contributed by atoms with Crippen LogP contribution in [0.1, 0.15) is 12.8 Å². The molecule has 1 fully saturated rings. The van der Waals surface area contributed by atoms with Crippen LogP contribution in [-0.2, 0) is 4.74 Å². The number of anilines is 1. The van der Waals surface area contributed by atoms with Crippen LogP contribution in [0.5, 0.6) is 17.4 Å². The topological polar surface area (TPSA) is 109 Å². The fraction of sp³-hybridized carbons (Fsp3) is 0.312. The molecule has 0 aliphatic carbocycles. The second-order valence-electron chi connectivity index (χ2n) is 5.24. The molecule has 1 aromatic carbocycles. The number of carbonyl (C=O) groups is 1. The molecule has 1 aliphatic rings.